The molecule has 0 fully saturated rings. The highest BCUT2D eigenvalue weighted by atomic mass is 32.2. The fraction of sp³-hybridized carbons (Fsp3) is 0.429. The number of thiocarbonyl (C=S) groups is 1. The zero-order valence-electron chi connectivity index (χ0n) is 8.76. The van der Waals surface area contributed by atoms with E-state index in [1.165, 1.54) is 0 Å². The van der Waals surface area contributed by atoms with Crippen LogP contribution in [0.25, 0.3) is 0 Å². The van der Waals surface area contributed by atoms with Crippen molar-refractivity contribution >= 4 is 33.2 Å². The van der Waals surface area contributed by atoms with Gasteiger partial charge in [0, 0.05) is 0 Å². The molecule has 0 aliphatic heterocycles. The fourth-order valence-corrected chi connectivity index (χ4v) is 2.14. The van der Waals surface area contributed by atoms with Crippen LogP contribution in [0, 0.1) is 13.8 Å². The van der Waals surface area contributed by atoms with E-state index < -0.39 is 15.8 Å². The van der Waals surface area contributed by atoms with Crippen LogP contribution in [0.2, 0.25) is 0 Å². The first-order chi connectivity index (χ1) is 7.30. The smallest absolute Gasteiger partial charge is 0.256 e. The molecule has 0 radical (unpaired) electrons. The average molecular weight is 261 g/mol. The van der Waals surface area contributed by atoms with Gasteiger partial charge < -0.3 is 5.73 Å². The third-order valence-corrected chi connectivity index (χ3v) is 3.18. The number of hydrogen-bond acceptors (Lipinski definition) is 6. The first-order valence-electron chi connectivity index (χ1n) is 4.27. The predicted molar refractivity (Wildman–Crippen MR) is 63.5 cm³/mol. The van der Waals surface area contributed by atoms with E-state index in [9.17, 15) is 8.42 Å². The second-order valence-electron chi connectivity index (χ2n) is 3.13. The second kappa shape index (κ2) is 4.66. The molecule has 0 bridgehead atoms. The van der Waals surface area contributed by atoms with Crippen molar-refractivity contribution in [3.63, 3.8) is 0 Å². The highest BCUT2D eigenvalue weighted by Gasteiger charge is 2.14. The lowest BCUT2D eigenvalue weighted by Crippen LogP contribution is -2.27. The van der Waals surface area contributed by atoms with E-state index in [1.807, 2.05) is 0 Å². The third-order valence-electron chi connectivity index (χ3n) is 1.67. The molecular formula is C7H11N5O2S2. The van der Waals surface area contributed by atoms with E-state index in [1.54, 1.807) is 13.8 Å². The largest absolute Gasteiger partial charge is 0.392 e. The van der Waals surface area contributed by atoms with Crippen molar-refractivity contribution in [1.82, 2.24) is 15.2 Å². The van der Waals surface area contributed by atoms with Crippen molar-refractivity contribution in [2.45, 2.75) is 13.8 Å². The van der Waals surface area contributed by atoms with Crippen LogP contribution in [-0.2, 0) is 10.0 Å². The van der Waals surface area contributed by atoms with Crippen molar-refractivity contribution in [1.29, 1.82) is 0 Å². The summed E-state index contributed by atoms with van der Waals surface area (Å²) in [5.74, 6) is -0.530. The summed E-state index contributed by atoms with van der Waals surface area (Å²) in [6.45, 7) is 3.43. The summed E-state index contributed by atoms with van der Waals surface area (Å²) in [4.78, 5) is 3.80. The number of aromatic nitrogens is 3. The monoisotopic (exact) mass is 261 g/mol. The number of rotatable bonds is 4. The lowest BCUT2D eigenvalue weighted by atomic mass is 10.4. The summed E-state index contributed by atoms with van der Waals surface area (Å²) in [5, 5.41) is 7.33. The van der Waals surface area contributed by atoms with Gasteiger partial charge in [0.1, 0.15) is 5.75 Å². The van der Waals surface area contributed by atoms with Crippen LogP contribution in [0.5, 0.6) is 0 Å². The van der Waals surface area contributed by atoms with Gasteiger partial charge in [0.25, 0.3) is 5.95 Å². The first-order valence-corrected chi connectivity index (χ1v) is 6.33. The Labute approximate surface area is 98.5 Å². The molecule has 9 heteroatoms. The summed E-state index contributed by atoms with van der Waals surface area (Å²) in [6.07, 6.45) is 0. The molecule has 0 spiro atoms. The van der Waals surface area contributed by atoms with E-state index in [2.05, 4.69) is 32.1 Å². The number of anilines is 1. The van der Waals surface area contributed by atoms with Crippen LogP contribution in [0.4, 0.5) is 5.95 Å². The zero-order valence-corrected chi connectivity index (χ0v) is 10.4. The van der Waals surface area contributed by atoms with E-state index >= 15 is 0 Å². The molecule has 1 aromatic heterocycles. The van der Waals surface area contributed by atoms with Crippen molar-refractivity contribution in [3.8, 4) is 0 Å². The topological polar surface area (TPSA) is 111 Å². The van der Waals surface area contributed by atoms with Gasteiger partial charge in [0.15, 0.2) is 0 Å². The number of nitrogens with one attached hydrogen (secondary N) is 1. The molecule has 0 atom stereocenters. The lowest BCUT2D eigenvalue weighted by Gasteiger charge is -2.05. The summed E-state index contributed by atoms with van der Waals surface area (Å²) in [6, 6.07) is 0. The SMILES string of the molecule is Cc1nnc(NS(=O)(=O)CC(N)=S)nc1C. The van der Waals surface area contributed by atoms with Gasteiger partial charge in [-0.05, 0) is 13.8 Å². The minimum atomic E-state index is -3.64. The molecule has 1 aromatic rings. The fourth-order valence-electron chi connectivity index (χ4n) is 0.863. The van der Waals surface area contributed by atoms with Crippen molar-refractivity contribution in [3.05, 3.63) is 11.4 Å². The summed E-state index contributed by atoms with van der Waals surface area (Å²) < 4.78 is 25.0. The number of hydrogen-bond donors (Lipinski definition) is 2. The van der Waals surface area contributed by atoms with Crippen LogP contribution >= 0.6 is 12.2 Å². The van der Waals surface area contributed by atoms with E-state index in [0.29, 0.717) is 11.4 Å². The molecule has 7 nitrogen and oxygen atoms in total. The molecule has 0 unspecified atom stereocenters. The molecule has 0 aromatic carbocycles. The predicted octanol–water partition coefficient (Wildman–Crippen LogP) is -0.484. The van der Waals surface area contributed by atoms with Gasteiger partial charge in [0.05, 0.1) is 16.4 Å². The van der Waals surface area contributed by atoms with E-state index in [4.69, 9.17) is 5.73 Å². The standard InChI is InChI=1S/C7H11N5O2S2/c1-4-5(2)10-11-7(9-4)12-16(13,14)3-6(8)15/h3H2,1-2H3,(H2,8,15)(H,9,11,12). The number of nitrogens with zero attached hydrogens (tertiary/aromatic N) is 3. The lowest BCUT2D eigenvalue weighted by molar-refractivity contribution is 0.604. The molecule has 3 N–H and O–H groups in total. The van der Waals surface area contributed by atoms with Gasteiger partial charge in [-0.1, -0.05) is 12.2 Å². The molecule has 0 aliphatic rings. The first kappa shape index (κ1) is 12.7. The van der Waals surface area contributed by atoms with Crippen molar-refractivity contribution in [2.24, 2.45) is 5.73 Å². The van der Waals surface area contributed by atoms with Crippen LogP contribution in [0.3, 0.4) is 0 Å². The Balaban J connectivity index is 2.88. The maximum atomic E-state index is 11.4. The van der Waals surface area contributed by atoms with Gasteiger partial charge in [-0.3, -0.25) is 0 Å². The Hall–Kier alpha value is -1.35. The zero-order chi connectivity index (χ0) is 12.3. The van der Waals surface area contributed by atoms with Crippen molar-refractivity contribution < 1.29 is 8.42 Å². The maximum Gasteiger partial charge on any atom is 0.256 e. The second-order valence-corrected chi connectivity index (χ2v) is 5.38. The van der Waals surface area contributed by atoms with Gasteiger partial charge in [0.2, 0.25) is 10.0 Å². The normalized spacial score (nSPS) is 11.1. The summed E-state index contributed by atoms with van der Waals surface area (Å²) in [7, 11) is -3.64. The highest BCUT2D eigenvalue weighted by molar-refractivity contribution is 7.95. The summed E-state index contributed by atoms with van der Waals surface area (Å²) in [5.41, 5.74) is 6.38. The van der Waals surface area contributed by atoms with E-state index in [-0.39, 0.29) is 10.9 Å². The molecule has 1 heterocycles. The number of sulfonamides is 1. The molecule has 0 amide bonds. The molecule has 0 aliphatic carbocycles. The Morgan fingerprint density at radius 1 is 1.38 bits per heavy atom. The van der Waals surface area contributed by atoms with Crippen LogP contribution < -0.4 is 10.5 Å². The highest BCUT2D eigenvalue weighted by Crippen LogP contribution is 2.04. The number of aryl methyl sites for hydroxylation is 2. The molecule has 1 rings (SSSR count). The van der Waals surface area contributed by atoms with Gasteiger partial charge >= 0.3 is 0 Å². The van der Waals surface area contributed by atoms with Crippen LogP contribution in [0.1, 0.15) is 11.4 Å². The van der Waals surface area contributed by atoms with Crippen LogP contribution in [-0.4, -0.2) is 34.3 Å². The molecule has 88 valence electrons. The van der Waals surface area contributed by atoms with E-state index in [0.717, 1.165) is 0 Å². The Bertz CT molecular complexity index is 514. The van der Waals surface area contributed by atoms with Gasteiger partial charge in [-0.15, -0.1) is 5.10 Å². The minimum absolute atomic E-state index is 0.0839. The Morgan fingerprint density at radius 2 is 2.00 bits per heavy atom. The van der Waals surface area contributed by atoms with Crippen LogP contribution in [0.15, 0.2) is 0 Å². The quantitative estimate of drug-likeness (QED) is 0.704. The molecule has 0 saturated carbocycles. The van der Waals surface area contributed by atoms with Crippen molar-refractivity contribution in [2.75, 3.05) is 10.5 Å². The Morgan fingerprint density at radius 3 is 2.50 bits per heavy atom. The average Bonchev–Trinajstić information content (AvgIpc) is 2.08. The third kappa shape index (κ3) is 3.66. The molecular weight excluding hydrogens is 250 g/mol. The molecule has 16 heavy (non-hydrogen) atoms. The summed E-state index contributed by atoms with van der Waals surface area (Å²) >= 11 is 4.51. The van der Waals surface area contributed by atoms with Gasteiger partial charge in [-0.2, -0.15) is 5.10 Å². The number of nitrogens with two attached hydrogens (primary N) is 1. The maximum absolute atomic E-state index is 11.4. The molecule has 0 saturated heterocycles. The van der Waals surface area contributed by atoms with Gasteiger partial charge in [-0.25, -0.2) is 18.1 Å². The minimum Gasteiger partial charge on any atom is -0.392 e. The Kier molecular flexibility index (Phi) is 3.70.